The van der Waals surface area contributed by atoms with Crippen molar-refractivity contribution in [3.8, 4) is 11.5 Å². The largest absolute Gasteiger partial charge is 0.496 e. The zero-order valence-corrected chi connectivity index (χ0v) is 14.7. The van der Waals surface area contributed by atoms with Gasteiger partial charge in [-0.1, -0.05) is 24.6 Å². The van der Waals surface area contributed by atoms with E-state index in [9.17, 15) is 9.59 Å². The van der Waals surface area contributed by atoms with Gasteiger partial charge in [0.15, 0.2) is 0 Å². The molecule has 0 aliphatic rings. The first-order chi connectivity index (χ1) is 12.0. The van der Waals surface area contributed by atoms with Crippen molar-refractivity contribution in [1.82, 2.24) is 5.32 Å². The van der Waals surface area contributed by atoms with Crippen molar-refractivity contribution in [2.75, 3.05) is 19.0 Å². The molecule has 0 aliphatic carbocycles. The Bertz CT molecular complexity index is 764. The fraction of sp³-hybridized carbons (Fsp3) is 0.222. The standard InChI is InChI=1S/C18H19ClN2O4/c1-3-9-20-18(23)21-13-5-4-6-14(11-13)25-17(22)15-10-12(19)7-8-16(15)24-2/h4-8,10-11H,3,9H2,1-2H3,(H2,20,21,23). The molecule has 0 heterocycles. The Morgan fingerprint density at radius 1 is 1.16 bits per heavy atom. The van der Waals surface area contributed by atoms with Crippen LogP contribution in [0, 0.1) is 0 Å². The highest BCUT2D eigenvalue weighted by atomic mass is 35.5. The Labute approximate surface area is 151 Å². The molecule has 6 nitrogen and oxygen atoms in total. The zero-order valence-electron chi connectivity index (χ0n) is 14.0. The first-order valence-electron chi connectivity index (χ1n) is 7.74. The predicted molar refractivity (Wildman–Crippen MR) is 96.7 cm³/mol. The summed E-state index contributed by atoms with van der Waals surface area (Å²) in [7, 11) is 1.46. The van der Waals surface area contributed by atoms with Crippen LogP contribution in [0.25, 0.3) is 0 Å². The molecule has 0 aromatic heterocycles. The molecule has 0 saturated heterocycles. The molecule has 2 aromatic carbocycles. The van der Waals surface area contributed by atoms with Crippen molar-refractivity contribution in [2.24, 2.45) is 0 Å². The summed E-state index contributed by atoms with van der Waals surface area (Å²) in [6, 6.07) is 10.9. The van der Waals surface area contributed by atoms with Gasteiger partial charge in [0, 0.05) is 23.3 Å². The molecule has 0 unspecified atom stereocenters. The number of nitrogens with one attached hydrogen (secondary N) is 2. The van der Waals surface area contributed by atoms with Gasteiger partial charge in [0.1, 0.15) is 17.1 Å². The molecular formula is C18H19ClN2O4. The zero-order chi connectivity index (χ0) is 18.2. The van der Waals surface area contributed by atoms with Crippen LogP contribution in [0.4, 0.5) is 10.5 Å². The maximum atomic E-state index is 12.4. The van der Waals surface area contributed by atoms with Gasteiger partial charge in [-0.3, -0.25) is 0 Å². The summed E-state index contributed by atoms with van der Waals surface area (Å²) in [5.41, 5.74) is 0.728. The van der Waals surface area contributed by atoms with Crippen LogP contribution in [-0.2, 0) is 0 Å². The highest BCUT2D eigenvalue weighted by molar-refractivity contribution is 6.31. The SMILES string of the molecule is CCCNC(=O)Nc1cccc(OC(=O)c2cc(Cl)ccc2OC)c1. The van der Waals surface area contributed by atoms with Crippen LogP contribution >= 0.6 is 11.6 Å². The molecule has 0 atom stereocenters. The highest BCUT2D eigenvalue weighted by Crippen LogP contribution is 2.25. The van der Waals surface area contributed by atoms with Crippen LogP contribution in [0.15, 0.2) is 42.5 Å². The van der Waals surface area contributed by atoms with Gasteiger partial charge >= 0.3 is 12.0 Å². The first-order valence-corrected chi connectivity index (χ1v) is 8.12. The van der Waals surface area contributed by atoms with Gasteiger partial charge in [-0.25, -0.2) is 9.59 Å². The Morgan fingerprint density at radius 3 is 2.68 bits per heavy atom. The molecular weight excluding hydrogens is 344 g/mol. The minimum atomic E-state index is -0.605. The van der Waals surface area contributed by atoms with E-state index in [0.29, 0.717) is 28.8 Å². The summed E-state index contributed by atoms with van der Waals surface area (Å²) in [5.74, 6) is 0.0508. The van der Waals surface area contributed by atoms with Crippen molar-refractivity contribution >= 4 is 29.3 Å². The second-order valence-corrected chi connectivity index (χ2v) is 5.58. The number of ether oxygens (including phenoxy) is 2. The van der Waals surface area contributed by atoms with E-state index in [1.165, 1.54) is 13.2 Å². The van der Waals surface area contributed by atoms with E-state index in [1.807, 2.05) is 6.92 Å². The molecule has 0 saturated carbocycles. The van der Waals surface area contributed by atoms with Gasteiger partial charge in [0.2, 0.25) is 0 Å². The summed E-state index contributed by atoms with van der Waals surface area (Å²) in [6.45, 7) is 2.54. The number of amides is 2. The lowest BCUT2D eigenvalue weighted by Crippen LogP contribution is -2.29. The Hall–Kier alpha value is -2.73. The molecule has 0 radical (unpaired) electrons. The van der Waals surface area contributed by atoms with Crippen LogP contribution < -0.4 is 20.1 Å². The number of esters is 1. The molecule has 7 heteroatoms. The number of methoxy groups -OCH3 is 1. The Balaban J connectivity index is 2.10. The van der Waals surface area contributed by atoms with Crippen molar-refractivity contribution in [2.45, 2.75) is 13.3 Å². The van der Waals surface area contributed by atoms with Gasteiger partial charge in [-0.05, 0) is 36.8 Å². The summed E-state index contributed by atoms with van der Waals surface area (Å²) in [6.07, 6.45) is 0.840. The Morgan fingerprint density at radius 2 is 1.96 bits per heavy atom. The third kappa shape index (κ3) is 5.39. The molecule has 0 fully saturated rings. The van der Waals surface area contributed by atoms with E-state index >= 15 is 0 Å². The van der Waals surface area contributed by atoms with Crippen LogP contribution in [0.5, 0.6) is 11.5 Å². The van der Waals surface area contributed by atoms with E-state index < -0.39 is 5.97 Å². The maximum absolute atomic E-state index is 12.4. The molecule has 25 heavy (non-hydrogen) atoms. The number of rotatable bonds is 6. The minimum Gasteiger partial charge on any atom is -0.496 e. The predicted octanol–water partition coefficient (Wildman–Crippen LogP) is 4.10. The smallest absolute Gasteiger partial charge is 0.347 e. The van der Waals surface area contributed by atoms with E-state index in [4.69, 9.17) is 21.1 Å². The molecule has 2 amide bonds. The number of hydrogen-bond donors (Lipinski definition) is 2. The molecule has 2 aromatic rings. The lowest BCUT2D eigenvalue weighted by atomic mass is 10.2. The van der Waals surface area contributed by atoms with Gasteiger partial charge in [-0.2, -0.15) is 0 Å². The normalized spacial score (nSPS) is 10.0. The van der Waals surface area contributed by atoms with E-state index in [2.05, 4.69) is 10.6 Å². The van der Waals surface area contributed by atoms with Crippen LogP contribution in [-0.4, -0.2) is 25.7 Å². The lowest BCUT2D eigenvalue weighted by molar-refractivity contribution is 0.0731. The number of carbonyl (C=O) groups is 2. The van der Waals surface area contributed by atoms with Crippen molar-refractivity contribution in [3.63, 3.8) is 0 Å². The quantitative estimate of drug-likeness (QED) is 0.599. The Kier molecular flexibility index (Phi) is 6.65. The van der Waals surface area contributed by atoms with Crippen LogP contribution in [0.3, 0.4) is 0 Å². The molecule has 2 rings (SSSR count). The van der Waals surface area contributed by atoms with E-state index in [0.717, 1.165) is 6.42 Å². The fourth-order valence-corrected chi connectivity index (χ4v) is 2.23. The summed E-state index contributed by atoms with van der Waals surface area (Å²) in [5, 5.41) is 5.77. The van der Waals surface area contributed by atoms with Crippen molar-refractivity contribution in [3.05, 3.63) is 53.1 Å². The van der Waals surface area contributed by atoms with E-state index in [-0.39, 0.29) is 11.6 Å². The number of anilines is 1. The summed E-state index contributed by atoms with van der Waals surface area (Å²) in [4.78, 5) is 24.0. The third-order valence-corrected chi connectivity index (χ3v) is 3.45. The molecule has 132 valence electrons. The molecule has 0 spiro atoms. The minimum absolute atomic E-state index is 0.217. The van der Waals surface area contributed by atoms with Crippen molar-refractivity contribution < 1.29 is 19.1 Å². The number of carbonyl (C=O) groups excluding carboxylic acids is 2. The number of halogens is 1. The summed E-state index contributed by atoms with van der Waals surface area (Å²) < 4.78 is 10.5. The van der Waals surface area contributed by atoms with Crippen LogP contribution in [0.1, 0.15) is 23.7 Å². The third-order valence-electron chi connectivity index (χ3n) is 3.22. The molecule has 0 aliphatic heterocycles. The van der Waals surface area contributed by atoms with Gasteiger partial charge in [0.05, 0.1) is 7.11 Å². The monoisotopic (exact) mass is 362 g/mol. The average molecular weight is 363 g/mol. The number of hydrogen-bond acceptors (Lipinski definition) is 4. The summed E-state index contributed by atoms with van der Waals surface area (Å²) >= 11 is 5.93. The van der Waals surface area contributed by atoms with Crippen LogP contribution in [0.2, 0.25) is 5.02 Å². The second kappa shape index (κ2) is 8.94. The van der Waals surface area contributed by atoms with E-state index in [1.54, 1.807) is 36.4 Å². The topological polar surface area (TPSA) is 76.7 Å². The molecule has 2 N–H and O–H groups in total. The highest BCUT2D eigenvalue weighted by Gasteiger charge is 2.15. The van der Waals surface area contributed by atoms with Gasteiger partial charge in [-0.15, -0.1) is 0 Å². The number of urea groups is 1. The van der Waals surface area contributed by atoms with Gasteiger partial charge < -0.3 is 20.1 Å². The fourth-order valence-electron chi connectivity index (χ4n) is 2.05. The number of benzene rings is 2. The maximum Gasteiger partial charge on any atom is 0.347 e. The first kappa shape index (κ1) is 18.6. The molecule has 0 bridgehead atoms. The van der Waals surface area contributed by atoms with Gasteiger partial charge in [0.25, 0.3) is 0 Å². The lowest BCUT2D eigenvalue weighted by Gasteiger charge is -2.10. The van der Waals surface area contributed by atoms with Crippen molar-refractivity contribution in [1.29, 1.82) is 0 Å². The average Bonchev–Trinajstić information content (AvgIpc) is 2.60. The second-order valence-electron chi connectivity index (χ2n) is 5.14.